The topological polar surface area (TPSA) is 93.9 Å². The van der Waals surface area contributed by atoms with E-state index < -0.39 is 5.91 Å². The number of benzene rings is 1. The maximum atomic E-state index is 12.9. The average Bonchev–Trinajstić information content (AvgIpc) is 3.17. The monoisotopic (exact) mass is 343 g/mol. The van der Waals surface area contributed by atoms with E-state index in [9.17, 15) is 9.59 Å². The summed E-state index contributed by atoms with van der Waals surface area (Å²) in [6.45, 7) is 0.714. The first-order valence-corrected chi connectivity index (χ1v) is 8.56. The third kappa shape index (κ3) is 2.95. The van der Waals surface area contributed by atoms with Gasteiger partial charge in [-0.2, -0.15) is 0 Å². The fourth-order valence-corrected chi connectivity index (χ4v) is 3.78. The molecule has 4 rings (SSSR count). The number of ether oxygens (including phenoxy) is 2. The minimum absolute atomic E-state index is 0.0480. The van der Waals surface area contributed by atoms with Crippen LogP contribution in [-0.4, -0.2) is 36.2 Å². The van der Waals surface area contributed by atoms with Crippen LogP contribution >= 0.6 is 0 Å². The highest BCUT2D eigenvalue weighted by atomic mass is 16.7. The fraction of sp³-hybridized carbons (Fsp3) is 0.444. The highest BCUT2D eigenvalue weighted by molar-refractivity contribution is 5.98. The summed E-state index contributed by atoms with van der Waals surface area (Å²) in [6, 6.07) is 5.69. The van der Waals surface area contributed by atoms with E-state index in [1.54, 1.807) is 4.90 Å². The van der Waals surface area contributed by atoms with E-state index in [0.29, 0.717) is 12.3 Å². The number of hydrogen-bond acceptors (Lipinski definition) is 5. The Morgan fingerprint density at radius 1 is 1.24 bits per heavy atom. The van der Waals surface area contributed by atoms with E-state index in [1.807, 2.05) is 18.2 Å². The number of nitrogens with two attached hydrogens (primary N) is 1. The molecule has 1 aromatic rings. The lowest BCUT2D eigenvalue weighted by Crippen LogP contribution is -2.47. The number of primary amides is 1. The lowest BCUT2D eigenvalue weighted by Gasteiger charge is -2.28. The van der Waals surface area contributed by atoms with Crippen LogP contribution in [0.4, 0.5) is 0 Å². The molecule has 1 atom stereocenters. The Labute approximate surface area is 145 Å². The molecule has 2 amide bonds. The van der Waals surface area contributed by atoms with Gasteiger partial charge < -0.3 is 20.1 Å². The molecule has 0 saturated heterocycles. The highest BCUT2D eigenvalue weighted by Crippen LogP contribution is 2.37. The lowest BCUT2D eigenvalue weighted by atomic mass is 9.92. The van der Waals surface area contributed by atoms with Crippen molar-refractivity contribution in [3.63, 3.8) is 0 Å². The van der Waals surface area contributed by atoms with Crippen molar-refractivity contribution in [1.29, 1.82) is 0 Å². The smallest absolute Gasteiger partial charge is 0.251 e. The third-order valence-corrected chi connectivity index (χ3v) is 4.93. The van der Waals surface area contributed by atoms with Gasteiger partial charge in [-0.1, -0.05) is 6.07 Å². The Morgan fingerprint density at radius 3 is 2.88 bits per heavy atom. The number of carbonyl (C=O) groups excluding carboxylic acids is 2. The van der Waals surface area contributed by atoms with Crippen LogP contribution < -0.4 is 20.5 Å². The number of fused-ring (bicyclic) bond motifs is 1. The summed E-state index contributed by atoms with van der Waals surface area (Å²) >= 11 is 0. The van der Waals surface area contributed by atoms with E-state index in [4.69, 9.17) is 15.2 Å². The van der Waals surface area contributed by atoms with Gasteiger partial charge in [0, 0.05) is 12.1 Å². The van der Waals surface area contributed by atoms with Gasteiger partial charge in [-0.3, -0.25) is 14.9 Å². The van der Waals surface area contributed by atoms with Gasteiger partial charge in [0.1, 0.15) is 6.17 Å². The van der Waals surface area contributed by atoms with Gasteiger partial charge in [-0.15, -0.1) is 0 Å². The highest BCUT2D eigenvalue weighted by Gasteiger charge is 2.39. The van der Waals surface area contributed by atoms with Crippen LogP contribution in [0, 0.1) is 0 Å². The standard InChI is InChI=1S/C18H21N3O4/c19-16(22)8-20-17-12-3-1-2-4-13(12)18(23)21(17)9-11-5-6-14-15(7-11)25-10-24-14/h5-7,17,20H,1-4,8-10H2,(H2,19,22). The second kappa shape index (κ2) is 6.40. The van der Waals surface area contributed by atoms with Crippen molar-refractivity contribution in [2.24, 2.45) is 5.73 Å². The van der Waals surface area contributed by atoms with Crippen molar-refractivity contribution in [1.82, 2.24) is 10.2 Å². The average molecular weight is 343 g/mol. The van der Waals surface area contributed by atoms with E-state index in [1.165, 1.54) is 0 Å². The van der Waals surface area contributed by atoms with Crippen LogP contribution in [0.15, 0.2) is 29.3 Å². The van der Waals surface area contributed by atoms with Gasteiger partial charge >= 0.3 is 0 Å². The normalized spacial score (nSPS) is 21.7. The predicted octanol–water partition coefficient (Wildman–Crippen LogP) is 1.03. The van der Waals surface area contributed by atoms with Crippen LogP contribution in [0.2, 0.25) is 0 Å². The van der Waals surface area contributed by atoms with Crippen LogP contribution in [-0.2, 0) is 16.1 Å². The Morgan fingerprint density at radius 2 is 2.04 bits per heavy atom. The van der Waals surface area contributed by atoms with Crippen LogP contribution in [0.1, 0.15) is 31.2 Å². The number of nitrogens with zero attached hydrogens (tertiary/aromatic N) is 1. The summed E-state index contributed by atoms with van der Waals surface area (Å²) in [5.74, 6) is 1.04. The van der Waals surface area contributed by atoms with Crippen molar-refractivity contribution < 1.29 is 19.1 Å². The Kier molecular flexibility index (Phi) is 4.09. The zero-order valence-electron chi connectivity index (χ0n) is 13.9. The number of rotatable bonds is 5. The first kappa shape index (κ1) is 16.0. The Bertz CT molecular complexity index is 759. The number of hydrogen-bond donors (Lipinski definition) is 2. The molecule has 0 radical (unpaired) electrons. The van der Waals surface area contributed by atoms with E-state index >= 15 is 0 Å². The number of carbonyl (C=O) groups is 2. The molecule has 7 heteroatoms. The first-order valence-electron chi connectivity index (χ1n) is 8.56. The predicted molar refractivity (Wildman–Crippen MR) is 89.6 cm³/mol. The maximum absolute atomic E-state index is 12.9. The molecule has 0 aromatic heterocycles. The number of amides is 2. The summed E-state index contributed by atoms with van der Waals surface area (Å²) in [7, 11) is 0. The molecule has 0 saturated carbocycles. The van der Waals surface area contributed by atoms with Crippen LogP contribution in [0.3, 0.4) is 0 Å². The SMILES string of the molecule is NC(=O)CNC1C2=C(CCCC2)C(=O)N1Cc1ccc2c(c1)OCO2. The van der Waals surface area contributed by atoms with Gasteiger partial charge in [0.2, 0.25) is 12.7 Å². The van der Waals surface area contributed by atoms with E-state index in [0.717, 1.165) is 48.1 Å². The molecule has 0 bridgehead atoms. The summed E-state index contributed by atoms with van der Waals surface area (Å²) in [5.41, 5.74) is 8.25. The molecule has 2 heterocycles. The van der Waals surface area contributed by atoms with Gasteiger partial charge in [-0.05, 0) is 49.0 Å². The molecule has 7 nitrogen and oxygen atoms in total. The van der Waals surface area contributed by atoms with Crippen molar-refractivity contribution in [3.05, 3.63) is 34.9 Å². The van der Waals surface area contributed by atoms with Crippen molar-refractivity contribution in [3.8, 4) is 11.5 Å². The van der Waals surface area contributed by atoms with Crippen molar-refractivity contribution >= 4 is 11.8 Å². The first-order chi connectivity index (χ1) is 12.1. The van der Waals surface area contributed by atoms with E-state index in [2.05, 4.69) is 5.32 Å². The Hall–Kier alpha value is -2.54. The minimum atomic E-state index is -0.430. The zero-order valence-corrected chi connectivity index (χ0v) is 13.9. The Balaban J connectivity index is 1.58. The molecule has 3 N–H and O–H groups in total. The minimum Gasteiger partial charge on any atom is -0.454 e. The molecular weight excluding hydrogens is 322 g/mol. The van der Waals surface area contributed by atoms with Crippen LogP contribution in [0.5, 0.6) is 11.5 Å². The van der Waals surface area contributed by atoms with E-state index in [-0.39, 0.29) is 25.4 Å². The van der Waals surface area contributed by atoms with Gasteiger partial charge in [0.05, 0.1) is 6.54 Å². The molecule has 132 valence electrons. The lowest BCUT2D eigenvalue weighted by molar-refractivity contribution is -0.128. The molecular formula is C18H21N3O4. The largest absolute Gasteiger partial charge is 0.454 e. The molecule has 1 aromatic carbocycles. The molecule has 25 heavy (non-hydrogen) atoms. The quantitative estimate of drug-likeness (QED) is 0.833. The fourth-order valence-electron chi connectivity index (χ4n) is 3.78. The summed E-state index contributed by atoms with van der Waals surface area (Å²) < 4.78 is 10.8. The molecule has 3 aliphatic rings. The molecule has 0 fully saturated rings. The van der Waals surface area contributed by atoms with Crippen LogP contribution in [0.25, 0.3) is 0 Å². The maximum Gasteiger partial charge on any atom is 0.251 e. The zero-order chi connectivity index (χ0) is 17.4. The molecule has 0 spiro atoms. The van der Waals surface area contributed by atoms with Gasteiger partial charge in [0.15, 0.2) is 11.5 Å². The van der Waals surface area contributed by atoms with Crippen molar-refractivity contribution in [2.75, 3.05) is 13.3 Å². The second-order valence-corrected chi connectivity index (χ2v) is 6.58. The van der Waals surface area contributed by atoms with Gasteiger partial charge in [0.25, 0.3) is 5.91 Å². The number of nitrogens with one attached hydrogen (secondary N) is 1. The summed E-state index contributed by atoms with van der Waals surface area (Å²) in [4.78, 5) is 25.9. The van der Waals surface area contributed by atoms with Gasteiger partial charge in [-0.25, -0.2) is 0 Å². The summed E-state index contributed by atoms with van der Waals surface area (Å²) in [5, 5.41) is 3.15. The molecule has 1 aliphatic carbocycles. The summed E-state index contributed by atoms with van der Waals surface area (Å²) in [6.07, 6.45) is 3.53. The second-order valence-electron chi connectivity index (χ2n) is 6.58. The molecule has 2 aliphatic heterocycles. The van der Waals surface area contributed by atoms with Crippen molar-refractivity contribution in [2.45, 2.75) is 38.4 Å². The molecule has 1 unspecified atom stereocenters. The third-order valence-electron chi connectivity index (χ3n) is 4.93.